The highest BCUT2D eigenvalue weighted by atomic mass is 32.2. The monoisotopic (exact) mass is 454 g/mol. The lowest BCUT2D eigenvalue weighted by molar-refractivity contribution is 0.0971. The molecule has 1 aromatic carbocycles. The van der Waals surface area contributed by atoms with Crippen molar-refractivity contribution in [3.8, 4) is 12.1 Å². The van der Waals surface area contributed by atoms with Gasteiger partial charge < -0.3 is 10.1 Å². The number of nitrogens with zero attached hydrogens (tertiary/aromatic N) is 4. The van der Waals surface area contributed by atoms with E-state index in [-0.39, 0.29) is 16.2 Å². The topological polar surface area (TPSA) is 121 Å². The molecule has 1 unspecified atom stereocenters. The number of amides is 2. The standard InChI is InChI=1S/C22H26N6O3S/c1-22(2)11-28-20(31-12-22)18(10-24-28)32(30,25-13-23)27-21(29)26-19-16-7-3-5-14(16)9-15-6-4-8-17(15)19/h9-10H,3-8,11-12H2,1-2H3,(H2,25,26,27,29,30). The van der Waals surface area contributed by atoms with E-state index in [9.17, 15) is 14.3 Å². The minimum atomic E-state index is -3.61. The molecule has 9 nitrogen and oxygen atoms in total. The number of hydrogen-bond acceptors (Lipinski definition) is 5. The number of aromatic nitrogens is 2. The quantitative estimate of drug-likeness (QED) is 0.544. The number of fused-ring (bicyclic) bond motifs is 3. The lowest BCUT2D eigenvalue weighted by Crippen LogP contribution is -2.33. The first kappa shape index (κ1) is 20.8. The predicted molar refractivity (Wildman–Crippen MR) is 119 cm³/mol. The number of anilines is 1. The molecular formula is C22H26N6O3S. The lowest BCUT2D eigenvalue weighted by atomic mass is 9.94. The number of benzene rings is 1. The van der Waals surface area contributed by atoms with Gasteiger partial charge in [0.05, 0.1) is 19.3 Å². The smallest absolute Gasteiger partial charge is 0.355 e. The van der Waals surface area contributed by atoms with E-state index in [1.54, 1.807) is 10.9 Å². The molecule has 10 heteroatoms. The maximum absolute atomic E-state index is 13.7. The molecule has 32 heavy (non-hydrogen) atoms. The van der Waals surface area contributed by atoms with Crippen LogP contribution in [0.5, 0.6) is 5.88 Å². The number of carbonyl (C=O) groups is 1. The van der Waals surface area contributed by atoms with E-state index in [1.165, 1.54) is 17.3 Å². The van der Waals surface area contributed by atoms with Gasteiger partial charge in [-0.05, 0) is 60.8 Å². The third-order valence-electron chi connectivity index (χ3n) is 6.34. The fourth-order valence-electron chi connectivity index (χ4n) is 4.92. The minimum Gasteiger partial charge on any atom is -0.476 e. The van der Waals surface area contributed by atoms with Crippen molar-refractivity contribution in [2.24, 2.45) is 9.78 Å². The molecule has 1 aromatic heterocycles. The highest BCUT2D eigenvalue weighted by Gasteiger charge is 2.33. The molecule has 1 atom stereocenters. The molecule has 0 saturated carbocycles. The van der Waals surface area contributed by atoms with E-state index in [0.29, 0.717) is 13.2 Å². The molecule has 0 bridgehead atoms. The van der Waals surface area contributed by atoms with Gasteiger partial charge in [-0.15, -0.1) is 4.36 Å². The Kier molecular flexibility index (Phi) is 4.89. The first-order valence-corrected chi connectivity index (χ1v) is 12.4. The predicted octanol–water partition coefficient (Wildman–Crippen LogP) is 3.32. The van der Waals surface area contributed by atoms with Gasteiger partial charge in [-0.1, -0.05) is 19.9 Å². The highest BCUT2D eigenvalue weighted by molar-refractivity contribution is 7.92. The number of hydrogen-bond donors (Lipinski definition) is 2. The Morgan fingerprint density at radius 2 is 1.94 bits per heavy atom. The zero-order valence-corrected chi connectivity index (χ0v) is 19.0. The molecule has 0 spiro atoms. The van der Waals surface area contributed by atoms with E-state index in [2.05, 4.69) is 25.6 Å². The number of urea groups is 1. The summed E-state index contributed by atoms with van der Waals surface area (Å²) in [6.07, 6.45) is 8.98. The van der Waals surface area contributed by atoms with E-state index in [4.69, 9.17) is 4.74 Å². The summed E-state index contributed by atoms with van der Waals surface area (Å²) in [5.41, 5.74) is 5.54. The number of ether oxygens (including phenoxy) is 1. The van der Waals surface area contributed by atoms with Crippen LogP contribution >= 0.6 is 0 Å². The van der Waals surface area contributed by atoms with Gasteiger partial charge in [0.1, 0.15) is 0 Å². The van der Waals surface area contributed by atoms with Crippen LogP contribution in [0.25, 0.3) is 0 Å². The Balaban J connectivity index is 1.52. The van der Waals surface area contributed by atoms with Gasteiger partial charge in [-0.2, -0.15) is 10.4 Å². The van der Waals surface area contributed by atoms with Gasteiger partial charge >= 0.3 is 6.03 Å². The van der Waals surface area contributed by atoms with Crippen LogP contribution in [-0.2, 0) is 42.1 Å². The van der Waals surface area contributed by atoms with E-state index in [0.717, 1.165) is 55.3 Å². The van der Waals surface area contributed by atoms with Gasteiger partial charge in [-0.3, -0.25) is 0 Å². The molecule has 2 heterocycles. The van der Waals surface area contributed by atoms with E-state index < -0.39 is 15.9 Å². The molecule has 168 valence electrons. The van der Waals surface area contributed by atoms with Crippen LogP contribution in [0, 0.1) is 16.9 Å². The summed E-state index contributed by atoms with van der Waals surface area (Å²) in [7, 11) is -3.61. The van der Waals surface area contributed by atoms with Gasteiger partial charge in [0.25, 0.3) is 0 Å². The second kappa shape index (κ2) is 7.52. The van der Waals surface area contributed by atoms with E-state index >= 15 is 0 Å². The summed E-state index contributed by atoms with van der Waals surface area (Å²) in [6, 6.07) is 1.53. The van der Waals surface area contributed by atoms with Crippen LogP contribution in [-0.4, -0.2) is 26.6 Å². The molecule has 0 radical (unpaired) electrons. The van der Waals surface area contributed by atoms with E-state index in [1.807, 2.05) is 13.8 Å². The van der Waals surface area contributed by atoms with Crippen molar-refractivity contribution in [3.63, 3.8) is 0 Å². The van der Waals surface area contributed by atoms with Crippen LogP contribution < -0.4 is 14.8 Å². The lowest BCUT2D eigenvalue weighted by Gasteiger charge is -2.30. The summed E-state index contributed by atoms with van der Waals surface area (Å²) >= 11 is 0. The summed E-state index contributed by atoms with van der Waals surface area (Å²) in [5, 5.41) is 16.4. The molecule has 2 N–H and O–H groups in total. The van der Waals surface area contributed by atoms with Gasteiger partial charge in [0.2, 0.25) is 5.88 Å². The van der Waals surface area contributed by atoms with Crippen molar-refractivity contribution < 1.29 is 13.7 Å². The van der Waals surface area contributed by atoms with Crippen LogP contribution in [0.2, 0.25) is 0 Å². The summed E-state index contributed by atoms with van der Waals surface area (Å²) < 4.78 is 27.2. The van der Waals surface area contributed by atoms with Crippen molar-refractivity contribution in [1.82, 2.24) is 14.5 Å². The summed E-state index contributed by atoms with van der Waals surface area (Å²) in [6.45, 7) is 5.05. The van der Waals surface area contributed by atoms with Crippen LogP contribution in [0.1, 0.15) is 48.9 Å². The molecule has 0 saturated heterocycles. The van der Waals surface area contributed by atoms with Crippen molar-refractivity contribution in [3.05, 3.63) is 34.5 Å². The molecule has 2 amide bonds. The molecule has 2 aliphatic carbocycles. The molecule has 2 aromatic rings. The fraction of sp³-hybridized carbons (Fsp3) is 0.500. The average molecular weight is 455 g/mol. The Bertz CT molecular complexity index is 1250. The average Bonchev–Trinajstić information content (AvgIpc) is 3.45. The number of nitriles is 1. The third kappa shape index (κ3) is 3.50. The van der Waals surface area contributed by atoms with Crippen molar-refractivity contribution in [2.45, 2.75) is 63.8 Å². The normalized spacial score (nSPS) is 19.5. The fourth-order valence-corrected chi connectivity index (χ4v) is 6.17. The number of carbonyl (C=O) groups excluding carboxylic acids is 1. The van der Waals surface area contributed by atoms with Crippen molar-refractivity contribution >= 4 is 21.6 Å². The number of aryl methyl sites for hydroxylation is 2. The second-order valence-corrected chi connectivity index (χ2v) is 11.3. The van der Waals surface area contributed by atoms with Crippen molar-refractivity contribution in [2.75, 3.05) is 11.9 Å². The first-order valence-electron chi connectivity index (χ1n) is 10.9. The largest absolute Gasteiger partial charge is 0.476 e. The molecule has 1 aliphatic heterocycles. The van der Waals surface area contributed by atoms with Crippen LogP contribution in [0.15, 0.2) is 21.5 Å². The molecule has 0 fully saturated rings. The van der Waals surface area contributed by atoms with Crippen LogP contribution in [0.3, 0.4) is 0 Å². The maximum Gasteiger partial charge on any atom is 0.355 e. The summed E-state index contributed by atoms with van der Waals surface area (Å²) in [5.74, 6) is 0.273. The minimum absolute atomic E-state index is 0.105. The maximum atomic E-state index is 13.7. The second-order valence-electron chi connectivity index (χ2n) is 9.42. The Morgan fingerprint density at radius 1 is 1.25 bits per heavy atom. The van der Waals surface area contributed by atoms with Crippen molar-refractivity contribution in [1.29, 1.82) is 5.26 Å². The molecule has 3 aliphatic rings. The molecular weight excluding hydrogens is 428 g/mol. The van der Waals surface area contributed by atoms with Gasteiger partial charge in [0, 0.05) is 11.1 Å². The Morgan fingerprint density at radius 3 is 2.59 bits per heavy atom. The third-order valence-corrected chi connectivity index (χ3v) is 8.00. The highest BCUT2D eigenvalue weighted by Crippen LogP contribution is 2.39. The number of rotatable bonds is 3. The SMILES string of the molecule is CC1(C)COc2c(S(=O)(=NC(=O)Nc3c4c(cc5c3CCC5)CCC4)NC#N)cnn2C1. The number of nitrogens with one attached hydrogen (secondary N) is 2. The zero-order valence-electron chi connectivity index (χ0n) is 18.2. The van der Waals surface area contributed by atoms with Gasteiger partial charge in [-0.25, -0.2) is 18.4 Å². The Labute approximate surface area is 187 Å². The first-order chi connectivity index (χ1) is 15.3. The zero-order chi connectivity index (χ0) is 22.5. The molecule has 5 rings (SSSR count). The van der Waals surface area contributed by atoms with Gasteiger partial charge in [0.15, 0.2) is 21.0 Å². The van der Waals surface area contributed by atoms with Crippen LogP contribution in [0.4, 0.5) is 10.5 Å². The Hall–Kier alpha value is -3.06. The summed E-state index contributed by atoms with van der Waals surface area (Å²) in [4.78, 5) is 13.1.